The highest BCUT2D eigenvalue weighted by molar-refractivity contribution is 5.52. The van der Waals surface area contributed by atoms with E-state index in [0.29, 0.717) is 6.54 Å². The van der Waals surface area contributed by atoms with Crippen LogP contribution in [0.25, 0.3) is 5.69 Å². The largest absolute Gasteiger partial charge is 0.497 e. The van der Waals surface area contributed by atoms with Crippen molar-refractivity contribution < 1.29 is 14.4 Å². The highest BCUT2D eigenvalue weighted by Crippen LogP contribution is 2.26. The molecule has 1 heterocycles. The number of aromatic nitrogens is 2. The molecule has 0 aliphatic carbocycles. The van der Waals surface area contributed by atoms with Gasteiger partial charge in [0.25, 0.3) is 0 Å². The van der Waals surface area contributed by atoms with Gasteiger partial charge >= 0.3 is 0 Å². The third-order valence-corrected chi connectivity index (χ3v) is 3.85. The number of methoxy groups -OCH3 is 1. The zero-order valence-corrected chi connectivity index (χ0v) is 12.9. The Labute approximate surface area is 120 Å². The number of rotatable bonds is 4. The molecule has 1 aromatic carbocycles. The van der Waals surface area contributed by atoms with E-state index >= 15 is 0 Å². The Morgan fingerprint density at radius 1 is 1.15 bits per heavy atom. The first kappa shape index (κ1) is 14.6. The van der Waals surface area contributed by atoms with Gasteiger partial charge in [0.2, 0.25) is 6.33 Å². The van der Waals surface area contributed by atoms with Gasteiger partial charge in [0.05, 0.1) is 13.7 Å². The highest BCUT2D eigenvalue weighted by atomic mass is 16.5. The molecule has 2 aromatic rings. The number of aryl methyl sites for hydroxylation is 2. The molecular weight excluding hydrogens is 252 g/mol. The molecule has 0 aliphatic rings. The van der Waals surface area contributed by atoms with E-state index in [9.17, 15) is 0 Å². The second-order valence-corrected chi connectivity index (χ2v) is 5.18. The van der Waals surface area contributed by atoms with Crippen LogP contribution in [0.2, 0.25) is 0 Å². The molecule has 0 spiro atoms. The highest BCUT2D eigenvalue weighted by Gasteiger charge is 2.20. The molecule has 0 saturated heterocycles. The number of aliphatic hydroxyl groups is 1. The Hall–Kier alpha value is -1.81. The summed E-state index contributed by atoms with van der Waals surface area (Å²) in [7, 11) is 1.69. The van der Waals surface area contributed by atoms with Gasteiger partial charge < -0.3 is 9.84 Å². The van der Waals surface area contributed by atoms with Gasteiger partial charge in [0.15, 0.2) is 0 Å². The lowest BCUT2D eigenvalue weighted by molar-refractivity contribution is -0.703. The number of imidazole rings is 1. The molecule has 1 aromatic heterocycles. The van der Waals surface area contributed by atoms with Gasteiger partial charge in [-0.3, -0.25) is 0 Å². The predicted molar refractivity (Wildman–Crippen MR) is 78.5 cm³/mol. The van der Waals surface area contributed by atoms with Gasteiger partial charge in [-0.1, -0.05) is 0 Å². The molecule has 0 amide bonds. The average molecular weight is 275 g/mol. The molecule has 0 atom stereocenters. The van der Waals surface area contributed by atoms with E-state index in [1.807, 2.05) is 12.1 Å². The number of aliphatic hydroxyl groups excluding tert-OH is 1. The molecule has 0 unspecified atom stereocenters. The topological polar surface area (TPSA) is 38.3 Å². The second-order valence-electron chi connectivity index (χ2n) is 5.18. The Balaban J connectivity index is 2.60. The van der Waals surface area contributed by atoms with E-state index < -0.39 is 0 Å². The van der Waals surface area contributed by atoms with Crippen molar-refractivity contribution in [3.63, 3.8) is 0 Å². The van der Waals surface area contributed by atoms with Gasteiger partial charge in [-0.2, -0.15) is 4.57 Å². The maximum absolute atomic E-state index is 9.15. The molecule has 4 heteroatoms. The number of hydrogen-bond donors (Lipinski definition) is 1. The minimum absolute atomic E-state index is 0.148. The zero-order valence-electron chi connectivity index (χ0n) is 12.9. The van der Waals surface area contributed by atoms with Crippen LogP contribution in [0.5, 0.6) is 5.75 Å². The van der Waals surface area contributed by atoms with Gasteiger partial charge in [0.1, 0.15) is 29.4 Å². The van der Waals surface area contributed by atoms with E-state index in [1.165, 1.54) is 28.2 Å². The maximum Gasteiger partial charge on any atom is 0.249 e. The minimum Gasteiger partial charge on any atom is -0.497 e. The fourth-order valence-corrected chi connectivity index (χ4v) is 2.67. The van der Waals surface area contributed by atoms with E-state index in [0.717, 1.165) is 5.75 Å². The van der Waals surface area contributed by atoms with Crippen molar-refractivity contribution in [2.24, 2.45) is 0 Å². The molecule has 0 radical (unpaired) electrons. The zero-order chi connectivity index (χ0) is 14.9. The van der Waals surface area contributed by atoms with Crippen molar-refractivity contribution in [1.82, 2.24) is 4.57 Å². The summed E-state index contributed by atoms with van der Waals surface area (Å²) < 4.78 is 9.59. The van der Waals surface area contributed by atoms with Crippen molar-refractivity contribution in [2.75, 3.05) is 13.7 Å². The fraction of sp³-hybridized carbons (Fsp3) is 0.438. The first-order valence-electron chi connectivity index (χ1n) is 6.84. The van der Waals surface area contributed by atoms with E-state index in [1.54, 1.807) is 7.11 Å². The Bertz CT molecular complexity index is 607. The van der Waals surface area contributed by atoms with E-state index in [4.69, 9.17) is 9.84 Å². The normalized spacial score (nSPS) is 10.9. The molecule has 20 heavy (non-hydrogen) atoms. The van der Waals surface area contributed by atoms with Crippen LogP contribution in [0.15, 0.2) is 18.5 Å². The van der Waals surface area contributed by atoms with Gasteiger partial charge in [-0.05, 0) is 26.0 Å². The van der Waals surface area contributed by atoms with Crippen LogP contribution in [-0.2, 0) is 6.54 Å². The lowest BCUT2D eigenvalue weighted by Gasteiger charge is -2.09. The molecular formula is C16H23N2O2+. The Morgan fingerprint density at radius 2 is 1.75 bits per heavy atom. The van der Waals surface area contributed by atoms with Crippen LogP contribution in [0.1, 0.15) is 22.5 Å². The first-order chi connectivity index (χ1) is 9.49. The number of hydrogen-bond acceptors (Lipinski definition) is 2. The van der Waals surface area contributed by atoms with Gasteiger partial charge in [0, 0.05) is 25.0 Å². The Morgan fingerprint density at radius 3 is 2.25 bits per heavy atom. The molecule has 108 valence electrons. The quantitative estimate of drug-likeness (QED) is 0.867. The summed E-state index contributed by atoms with van der Waals surface area (Å²) in [5.41, 5.74) is 5.90. The lowest BCUT2D eigenvalue weighted by Crippen LogP contribution is -2.36. The first-order valence-corrected chi connectivity index (χ1v) is 6.84. The maximum atomic E-state index is 9.15. The van der Waals surface area contributed by atoms with Crippen LogP contribution < -0.4 is 9.30 Å². The standard InChI is InChI=1S/C16H23N2O2/c1-11-8-15(20-5)9-12(2)16(11)18-10-17(6-7-19)13(3)14(18)4/h8-10,19H,6-7H2,1-5H3/q+1. The third-order valence-electron chi connectivity index (χ3n) is 3.85. The summed E-state index contributed by atoms with van der Waals surface area (Å²) in [4.78, 5) is 0. The van der Waals surface area contributed by atoms with E-state index in [2.05, 4.69) is 43.2 Å². The molecule has 0 aliphatic heterocycles. The minimum atomic E-state index is 0.148. The fourth-order valence-electron chi connectivity index (χ4n) is 2.67. The summed E-state index contributed by atoms with van der Waals surface area (Å²) in [6.45, 7) is 9.14. The second kappa shape index (κ2) is 5.67. The van der Waals surface area contributed by atoms with Crippen LogP contribution >= 0.6 is 0 Å². The number of ether oxygens (including phenoxy) is 1. The summed E-state index contributed by atoms with van der Waals surface area (Å²) in [6, 6.07) is 4.10. The van der Waals surface area contributed by atoms with Crippen molar-refractivity contribution in [3.05, 3.63) is 41.0 Å². The molecule has 4 nitrogen and oxygen atoms in total. The number of nitrogens with zero attached hydrogens (tertiary/aromatic N) is 2. The predicted octanol–water partition coefficient (Wildman–Crippen LogP) is 2.00. The smallest absolute Gasteiger partial charge is 0.249 e. The van der Waals surface area contributed by atoms with Crippen molar-refractivity contribution in [2.45, 2.75) is 34.2 Å². The van der Waals surface area contributed by atoms with Crippen LogP contribution in [0.4, 0.5) is 0 Å². The summed E-state index contributed by atoms with van der Waals surface area (Å²) in [5, 5.41) is 9.15. The SMILES string of the molecule is COc1cc(C)c(-n2c[n+](CCO)c(C)c2C)c(C)c1. The van der Waals surface area contributed by atoms with Crippen molar-refractivity contribution >= 4 is 0 Å². The molecule has 2 rings (SSSR count). The van der Waals surface area contributed by atoms with E-state index in [-0.39, 0.29) is 6.61 Å². The summed E-state index contributed by atoms with van der Waals surface area (Å²) >= 11 is 0. The van der Waals surface area contributed by atoms with Gasteiger partial charge in [-0.25, -0.2) is 4.57 Å². The molecule has 0 fully saturated rings. The third kappa shape index (κ3) is 2.43. The van der Waals surface area contributed by atoms with Gasteiger partial charge in [-0.15, -0.1) is 0 Å². The molecule has 1 N–H and O–H groups in total. The average Bonchev–Trinajstić information content (AvgIpc) is 2.67. The van der Waals surface area contributed by atoms with Crippen LogP contribution in [0, 0.1) is 27.7 Å². The molecule has 0 bridgehead atoms. The molecule has 0 saturated carbocycles. The van der Waals surface area contributed by atoms with Crippen LogP contribution in [0.3, 0.4) is 0 Å². The lowest BCUT2D eigenvalue weighted by atomic mass is 10.1. The van der Waals surface area contributed by atoms with Crippen molar-refractivity contribution in [3.8, 4) is 11.4 Å². The Kier molecular flexibility index (Phi) is 4.14. The van der Waals surface area contributed by atoms with Crippen LogP contribution in [-0.4, -0.2) is 23.4 Å². The summed E-state index contributed by atoms with van der Waals surface area (Å²) in [5.74, 6) is 0.883. The van der Waals surface area contributed by atoms with Crippen molar-refractivity contribution in [1.29, 1.82) is 0 Å². The summed E-state index contributed by atoms with van der Waals surface area (Å²) in [6.07, 6.45) is 2.06. The number of benzene rings is 1. The monoisotopic (exact) mass is 275 g/mol.